The van der Waals surface area contributed by atoms with Crippen molar-refractivity contribution in [2.45, 2.75) is 38.8 Å². The molecule has 1 aromatic carbocycles. The van der Waals surface area contributed by atoms with E-state index < -0.39 is 5.54 Å². The Kier molecular flexibility index (Phi) is 7.13. The Hall–Kier alpha value is -2.75. The maximum absolute atomic E-state index is 12.9. The minimum absolute atomic E-state index is 0.0522. The number of rotatable bonds is 8. The molecule has 2 aromatic rings. The van der Waals surface area contributed by atoms with E-state index in [0.717, 1.165) is 36.4 Å². The third kappa shape index (κ3) is 5.44. The predicted octanol–water partition coefficient (Wildman–Crippen LogP) is 0.947. The van der Waals surface area contributed by atoms with Gasteiger partial charge in [0.15, 0.2) is 0 Å². The lowest BCUT2D eigenvalue weighted by Crippen LogP contribution is -2.57. The fourth-order valence-electron chi connectivity index (χ4n) is 6.16. The normalized spacial score (nSPS) is 24.7. The largest absolute Gasteiger partial charge is 0.354 e. The van der Waals surface area contributed by atoms with Crippen molar-refractivity contribution in [2.75, 3.05) is 57.8 Å². The number of benzene rings is 1. The van der Waals surface area contributed by atoms with Crippen LogP contribution in [0, 0.1) is 17.8 Å². The number of piperazine rings is 1. The number of fused-ring (bicyclic) bond motifs is 1. The number of carbonyl (C=O) groups excluding carboxylic acids is 1. The Balaban J connectivity index is 1.16. The first kappa shape index (κ1) is 25.9. The zero-order valence-corrected chi connectivity index (χ0v) is 22.6. The summed E-state index contributed by atoms with van der Waals surface area (Å²) in [7, 11) is 2.05. The molecule has 5 rings (SSSR count). The molecule has 3 aliphatic rings. The first-order chi connectivity index (χ1) is 17.7. The van der Waals surface area contributed by atoms with E-state index in [1.165, 1.54) is 18.7 Å². The molecule has 0 bridgehead atoms. The summed E-state index contributed by atoms with van der Waals surface area (Å²) >= 11 is 0. The summed E-state index contributed by atoms with van der Waals surface area (Å²) in [5.41, 5.74) is 6.89. The van der Waals surface area contributed by atoms with Gasteiger partial charge in [-0.1, -0.05) is 12.1 Å². The van der Waals surface area contributed by atoms with Gasteiger partial charge in [-0.25, -0.2) is 4.79 Å². The number of likely N-dealkylation sites (tertiary alicyclic amines) is 1. The van der Waals surface area contributed by atoms with E-state index in [1.54, 1.807) is 29.5 Å². The maximum atomic E-state index is 12.9. The van der Waals surface area contributed by atoms with Gasteiger partial charge in [0.2, 0.25) is 5.91 Å². The second-order valence-electron chi connectivity index (χ2n) is 11.7. The van der Waals surface area contributed by atoms with Crippen molar-refractivity contribution in [3.63, 3.8) is 0 Å². The average molecular weight is 508 g/mol. The summed E-state index contributed by atoms with van der Waals surface area (Å²) in [5, 5.41) is 3.33. The molecule has 0 spiro atoms. The SMILES string of the molecule is CNCC1C2CN(C(C)Cc3ccc(-n4ccc(N5CCN(C(=O)C(C)(C)N)CC5)nc4=O)cc3)CC12. The molecule has 1 aliphatic carbocycles. The molecular formula is C28H41N7O2. The van der Waals surface area contributed by atoms with Gasteiger partial charge in [-0.2, -0.15) is 4.98 Å². The molecule has 3 unspecified atom stereocenters. The summed E-state index contributed by atoms with van der Waals surface area (Å²) in [6.07, 6.45) is 2.80. The number of aromatic nitrogens is 2. The number of piperidine rings is 1. The van der Waals surface area contributed by atoms with Gasteiger partial charge in [-0.05, 0) is 82.3 Å². The van der Waals surface area contributed by atoms with Crippen LogP contribution in [0.2, 0.25) is 0 Å². The van der Waals surface area contributed by atoms with Crippen molar-refractivity contribution in [1.29, 1.82) is 0 Å². The van der Waals surface area contributed by atoms with Gasteiger partial charge in [0.1, 0.15) is 5.82 Å². The van der Waals surface area contributed by atoms with Gasteiger partial charge in [0.05, 0.1) is 11.2 Å². The van der Waals surface area contributed by atoms with Crippen molar-refractivity contribution in [2.24, 2.45) is 23.5 Å². The van der Waals surface area contributed by atoms with Crippen LogP contribution in [-0.4, -0.2) is 89.7 Å². The molecule has 1 saturated carbocycles. The van der Waals surface area contributed by atoms with Crippen molar-refractivity contribution in [3.05, 3.63) is 52.6 Å². The Labute approximate surface area is 219 Å². The third-order valence-electron chi connectivity index (χ3n) is 8.44. The summed E-state index contributed by atoms with van der Waals surface area (Å²) in [6, 6.07) is 10.7. The molecule has 37 heavy (non-hydrogen) atoms. The van der Waals surface area contributed by atoms with Crippen LogP contribution in [0.1, 0.15) is 26.3 Å². The highest BCUT2D eigenvalue weighted by molar-refractivity contribution is 5.85. The minimum atomic E-state index is -0.876. The molecule has 1 amide bonds. The lowest BCUT2D eigenvalue weighted by Gasteiger charge is -2.37. The second kappa shape index (κ2) is 10.2. The van der Waals surface area contributed by atoms with E-state index in [1.807, 2.05) is 30.1 Å². The molecule has 9 heteroatoms. The molecule has 3 fully saturated rings. The van der Waals surface area contributed by atoms with Gasteiger partial charge >= 0.3 is 5.69 Å². The molecule has 2 saturated heterocycles. The number of nitrogens with two attached hydrogens (primary N) is 1. The van der Waals surface area contributed by atoms with E-state index in [9.17, 15) is 9.59 Å². The molecule has 1 aromatic heterocycles. The second-order valence-corrected chi connectivity index (χ2v) is 11.7. The number of amides is 1. The molecule has 2 aliphatic heterocycles. The van der Waals surface area contributed by atoms with Gasteiger partial charge < -0.3 is 20.9 Å². The van der Waals surface area contributed by atoms with Gasteiger partial charge in [-0.15, -0.1) is 0 Å². The first-order valence-corrected chi connectivity index (χ1v) is 13.6. The van der Waals surface area contributed by atoms with Crippen LogP contribution in [0.15, 0.2) is 41.3 Å². The van der Waals surface area contributed by atoms with Gasteiger partial charge in [-0.3, -0.25) is 14.3 Å². The minimum Gasteiger partial charge on any atom is -0.353 e. The van der Waals surface area contributed by atoms with Crippen molar-refractivity contribution in [3.8, 4) is 5.69 Å². The van der Waals surface area contributed by atoms with Crippen LogP contribution in [0.25, 0.3) is 5.69 Å². The highest BCUT2D eigenvalue weighted by Gasteiger charge is 2.55. The van der Waals surface area contributed by atoms with Gasteiger partial charge in [0.25, 0.3) is 0 Å². The van der Waals surface area contributed by atoms with Crippen LogP contribution < -0.4 is 21.6 Å². The van der Waals surface area contributed by atoms with Crippen molar-refractivity contribution in [1.82, 2.24) is 24.7 Å². The lowest BCUT2D eigenvalue weighted by atomic mass is 10.0. The highest BCUT2D eigenvalue weighted by Crippen LogP contribution is 2.51. The van der Waals surface area contributed by atoms with Crippen LogP contribution in [0.3, 0.4) is 0 Å². The van der Waals surface area contributed by atoms with Crippen molar-refractivity contribution < 1.29 is 4.79 Å². The summed E-state index contributed by atoms with van der Waals surface area (Å²) in [6.45, 7) is 11.8. The Morgan fingerprint density at radius 3 is 2.32 bits per heavy atom. The molecule has 0 radical (unpaired) electrons. The average Bonchev–Trinajstić information content (AvgIpc) is 3.30. The molecule has 3 atom stereocenters. The first-order valence-electron chi connectivity index (χ1n) is 13.6. The number of hydrogen-bond donors (Lipinski definition) is 2. The summed E-state index contributed by atoms with van der Waals surface area (Å²) in [4.78, 5) is 36.1. The molecule has 200 valence electrons. The fraction of sp³-hybridized carbons (Fsp3) is 0.607. The topological polar surface area (TPSA) is 99.7 Å². The standard InChI is InChI=1S/C28H41N7O2/c1-19(34-17-23-22(16-30-4)24(23)18-34)15-20-5-7-21(8-6-20)35-10-9-25(31-27(35)37)32-11-13-33(14-12-32)26(36)28(2,3)29/h5-10,19,22-24,30H,11-18,29H2,1-4H3. The molecular weight excluding hydrogens is 466 g/mol. The zero-order valence-electron chi connectivity index (χ0n) is 22.6. The number of nitrogens with zero attached hydrogens (tertiary/aromatic N) is 5. The highest BCUT2D eigenvalue weighted by atomic mass is 16.2. The maximum Gasteiger partial charge on any atom is 0.354 e. The fourth-order valence-corrected chi connectivity index (χ4v) is 6.16. The number of nitrogens with one attached hydrogen (secondary N) is 1. The van der Waals surface area contributed by atoms with E-state index in [2.05, 4.69) is 34.3 Å². The quantitative estimate of drug-likeness (QED) is 0.549. The zero-order chi connectivity index (χ0) is 26.3. The predicted molar refractivity (Wildman–Crippen MR) is 146 cm³/mol. The molecule has 3 heterocycles. The van der Waals surface area contributed by atoms with Crippen LogP contribution in [0.4, 0.5) is 5.82 Å². The number of hydrogen-bond acceptors (Lipinski definition) is 7. The van der Waals surface area contributed by atoms with E-state index in [4.69, 9.17) is 5.73 Å². The van der Waals surface area contributed by atoms with E-state index in [0.29, 0.717) is 38.0 Å². The number of anilines is 1. The van der Waals surface area contributed by atoms with Crippen LogP contribution in [0.5, 0.6) is 0 Å². The van der Waals surface area contributed by atoms with E-state index in [-0.39, 0.29) is 11.6 Å². The number of carbonyl (C=O) groups is 1. The Morgan fingerprint density at radius 2 is 1.76 bits per heavy atom. The Morgan fingerprint density at radius 1 is 1.11 bits per heavy atom. The summed E-state index contributed by atoms with van der Waals surface area (Å²) < 4.78 is 1.59. The van der Waals surface area contributed by atoms with Gasteiger partial charge in [0, 0.05) is 51.5 Å². The monoisotopic (exact) mass is 507 g/mol. The Bertz CT molecular complexity index is 1150. The lowest BCUT2D eigenvalue weighted by molar-refractivity contribution is -0.136. The smallest absolute Gasteiger partial charge is 0.353 e. The van der Waals surface area contributed by atoms with Crippen LogP contribution in [-0.2, 0) is 11.2 Å². The molecule has 3 N–H and O–H groups in total. The van der Waals surface area contributed by atoms with Crippen LogP contribution >= 0.6 is 0 Å². The third-order valence-corrected chi connectivity index (χ3v) is 8.44. The summed E-state index contributed by atoms with van der Waals surface area (Å²) in [5.74, 6) is 3.23. The van der Waals surface area contributed by atoms with E-state index >= 15 is 0 Å². The molecule has 9 nitrogen and oxygen atoms in total. The van der Waals surface area contributed by atoms with Crippen molar-refractivity contribution >= 4 is 11.7 Å².